The van der Waals surface area contributed by atoms with E-state index in [1.54, 1.807) is 11.3 Å². The summed E-state index contributed by atoms with van der Waals surface area (Å²) in [6.07, 6.45) is 1.93. The minimum atomic E-state index is 0.0170. The Labute approximate surface area is 179 Å². The zero-order valence-corrected chi connectivity index (χ0v) is 18.6. The highest BCUT2D eigenvalue weighted by molar-refractivity contribution is 7.22. The van der Waals surface area contributed by atoms with Crippen molar-refractivity contribution in [2.75, 3.05) is 24.5 Å². The van der Waals surface area contributed by atoms with E-state index in [1.165, 1.54) is 0 Å². The lowest BCUT2D eigenvalue weighted by Crippen LogP contribution is -2.43. The van der Waals surface area contributed by atoms with Crippen molar-refractivity contribution in [2.45, 2.75) is 33.6 Å². The van der Waals surface area contributed by atoms with Crippen molar-refractivity contribution >= 4 is 44.3 Å². The molecule has 1 aliphatic heterocycles. The van der Waals surface area contributed by atoms with Gasteiger partial charge in [-0.2, -0.15) is 10.1 Å². The molecule has 1 N–H and O–H groups in total. The first-order chi connectivity index (χ1) is 13.9. The molecule has 3 heterocycles. The van der Waals surface area contributed by atoms with Crippen LogP contribution in [-0.4, -0.2) is 40.3 Å². The Morgan fingerprint density at radius 2 is 2.10 bits per heavy atom. The predicted molar refractivity (Wildman–Crippen MR) is 119 cm³/mol. The van der Waals surface area contributed by atoms with E-state index in [4.69, 9.17) is 16.6 Å². The summed E-state index contributed by atoms with van der Waals surface area (Å²) in [5.74, 6) is 0.637. The van der Waals surface area contributed by atoms with E-state index in [0.717, 1.165) is 52.8 Å². The van der Waals surface area contributed by atoms with Crippen molar-refractivity contribution in [2.24, 2.45) is 11.8 Å². The summed E-state index contributed by atoms with van der Waals surface area (Å²) in [4.78, 5) is 19.7. The summed E-state index contributed by atoms with van der Waals surface area (Å²) < 4.78 is 2.96. The maximum Gasteiger partial charge on any atom is 0.224 e. The Bertz CT molecular complexity index is 1010. The minimum absolute atomic E-state index is 0.0170. The summed E-state index contributed by atoms with van der Waals surface area (Å²) in [6, 6.07) is 7.61. The van der Waals surface area contributed by atoms with Crippen LogP contribution in [0.1, 0.15) is 32.4 Å². The van der Waals surface area contributed by atoms with Crippen molar-refractivity contribution in [1.29, 1.82) is 0 Å². The molecule has 1 aliphatic rings. The number of nitrogens with one attached hydrogen (secondary N) is 1. The lowest BCUT2D eigenvalue weighted by atomic mass is 9.97. The quantitative estimate of drug-likeness (QED) is 0.649. The van der Waals surface area contributed by atoms with Crippen LogP contribution in [0, 0.1) is 18.8 Å². The topological polar surface area (TPSA) is 63.1 Å². The fourth-order valence-electron chi connectivity index (χ4n) is 3.63. The van der Waals surface area contributed by atoms with E-state index in [-0.39, 0.29) is 11.8 Å². The van der Waals surface area contributed by atoms with E-state index >= 15 is 0 Å². The predicted octanol–water partition coefficient (Wildman–Crippen LogP) is 4.43. The van der Waals surface area contributed by atoms with Crippen molar-refractivity contribution in [3.05, 3.63) is 35.0 Å². The number of hydrogen-bond donors (Lipinski definition) is 1. The number of benzene rings is 1. The summed E-state index contributed by atoms with van der Waals surface area (Å²) in [5.41, 5.74) is 2.76. The number of amides is 1. The Kier molecular flexibility index (Phi) is 5.79. The lowest BCUT2D eigenvalue weighted by Gasteiger charge is -2.31. The van der Waals surface area contributed by atoms with Crippen LogP contribution in [0.5, 0.6) is 0 Å². The van der Waals surface area contributed by atoms with Crippen molar-refractivity contribution < 1.29 is 4.79 Å². The van der Waals surface area contributed by atoms with Gasteiger partial charge >= 0.3 is 0 Å². The van der Waals surface area contributed by atoms with Crippen molar-refractivity contribution in [1.82, 2.24) is 20.1 Å². The van der Waals surface area contributed by atoms with Crippen LogP contribution in [0.25, 0.3) is 16.0 Å². The molecule has 154 valence electrons. The molecule has 1 atom stereocenters. The molecule has 1 aromatic carbocycles. The zero-order valence-electron chi connectivity index (χ0n) is 17.0. The van der Waals surface area contributed by atoms with Gasteiger partial charge in [-0.3, -0.25) is 4.79 Å². The van der Waals surface area contributed by atoms with E-state index in [9.17, 15) is 4.79 Å². The van der Waals surface area contributed by atoms with Gasteiger partial charge in [0.2, 0.25) is 5.91 Å². The van der Waals surface area contributed by atoms with Gasteiger partial charge in [0.15, 0.2) is 10.8 Å². The van der Waals surface area contributed by atoms with Gasteiger partial charge in [-0.15, -0.1) is 0 Å². The summed E-state index contributed by atoms with van der Waals surface area (Å²) in [7, 11) is 0. The van der Waals surface area contributed by atoms with Gasteiger partial charge in [-0.25, -0.2) is 4.68 Å². The van der Waals surface area contributed by atoms with Crippen LogP contribution in [0.2, 0.25) is 5.02 Å². The van der Waals surface area contributed by atoms with Gasteiger partial charge in [0.1, 0.15) is 0 Å². The molecule has 2 aromatic heterocycles. The van der Waals surface area contributed by atoms with Gasteiger partial charge < -0.3 is 10.2 Å². The first-order valence-corrected chi connectivity index (χ1v) is 11.3. The second-order valence-electron chi connectivity index (χ2n) is 8.05. The first kappa shape index (κ1) is 20.2. The largest absolute Gasteiger partial charge is 0.356 e. The fraction of sp³-hybridized carbons (Fsp3) is 0.476. The maximum absolute atomic E-state index is 12.5. The smallest absolute Gasteiger partial charge is 0.224 e. The molecular formula is C21H26ClN5OS. The number of hydrogen-bond acceptors (Lipinski definition) is 5. The Morgan fingerprint density at radius 3 is 2.83 bits per heavy atom. The third-order valence-corrected chi connectivity index (χ3v) is 6.66. The minimum Gasteiger partial charge on any atom is -0.356 e. The average Bonchev–Trinajstić information content (AvgIpc) is 3.28. The van der Waals surface area contributed by atoms with Crippen LogP contribution in [0.15, 0.2) is 24.3 Å². The van der Waals surface area contributed by atoms with Crippen LogP contribution in [0.3, 0.4) is 0 Å². The maximum atomic E-state index is 12.5. The molecule has 0 unspecified atom stereocenters. The summed E-state index contributed by atoms with van der Waals surface area (Å²) in [5, 5.41) is 9.40. The molecule has 1 fully saturated rings. The number of carbonyl (C=O) groups is 1. The normalized spacial score (nSPS) is 17.3. The molecule has 4 rings (SSSR count). The van der Waals surface area contributed by atoms with E-state index < -0.39 is 0 Å². The summed E-state index contributed by atoms with van der Waals surface area (Å²) >= 11 is 7.68. The van der Waals surface area contributed by atoms with Crippen LogP contribution in [-0.2, 0) is 4.79 Å². The van der Waals surface area contributed by atoms with Gasteiger partial charge in [0.05, 0.1) is 22.0 Å². The number of aromatic nitrogens is 3. The number of anilines is 1. The number of fused-ring (bicyclic) bond motifs is 1. The molecule has 0 radical (unpaired) electrons. The Hall–Kier alpha value is -2.12. The highest BCUT2D eigenvalue weighted by atomic mass is 35.5. The second kappa shape index (κ2) is 8.32. The van der Waals surface area contributed by atoms with E-state index in [0.29, 0.717) is 17.5 Å². The number of halogens is 1. The molecule has 0 bridgehead atoms. The third kappa shape index (κ3) is 4.26. The molecular weight excluding hydrogens is 406 g/mol. The van der Waals surface area contributed by atoms with E-state index in [1.807, 2.05) is 35.9 Å². The Balaban J connectivity index is 1.57. The number of rotatable bonds is 5. The number of piperidine rings is 1. The molecule has 3 aromatic rings. The third-order valence-electron chi connectivity index (χ3n) is 5.20. The highest BCUT2D eigenvalue weighted by Crippen LogP contribution is 2.34. The summed E-state index contributed by atoms with van der Waals surface area (Å²) in [6.45, 7) is 8.61. The first-order valence-electron chi connectivity index (χ1n) is 10.1. The average molecular weight is 432 g/mol. The van der Waals surface area contributed by atoms with E-state index in [2.05, 4.69) is 29.2 Å². The van der Waals surface area contributed by atoms with Crippen LogP contribution in [0.4, 0.5) is 5.13 Å². The van der Waals surface area contributed by atoms with Gasteiger partial charge in [-0.1, -0.05) is 36.8 Å². The SMILES string of the molecule is Cc1nn(-c2ccc(Cl)cc2)c2nc(N3CCC[C@@H](C(=O)NCC(C)C)C3)sc12. The fourth-order valence-corrected chi connectivity index (χ4v) is 4.78. The zero-order chi connectivity index (χ0) is 20.5. The standard InChI is InChI=1S/C21H26ClN5OS/c1-13(2)11-23-20(28)15-5-4-10-26(12-15)21-24-19-18(29-21)14(3)25-27(19)17-8-6-16(22)7-9-17/h6-9,13,15H,4-5,10-12H2,1-3H3,(H,23,28)/t15-/m1/s1. The highest BCUT2D eigenvalue weighted by Gasteiger charge is 2.28. The number of thiazole rings is 1. The molecule has 29 heavy (non-hydrogen) atoms. The Morgan fingerprint density at radius 1 is 1.34 bits per heavy atom. The van der Waals surface area contributed by atoms with Gasteiger partial charge in [0, 0.05) is 24.7 Å². The van der Waals surface area contributed by atoms with Crippen LogP contribution >= 0.6 is 22.9 Å². The number of carbonyl (C=O) groups excluding carboxylic acids is 1. The lowest BCUT2D eigenvalue weighted by molar-refractivity contribution is -0.125. The molecule has 0 aliphatic carbocycles. The second-order valence-corrected chi connectivity index (χ2v) is 9.46. The number of aryl methyl sites for hydroxylation is 1. The monoisotopic (exact) mass is 431 g/mol. The van der Waals surface area contributed by atoms with Gasteiger partial charge in [0.25, 0.3) is 0 Å². The molecule has 8 heteroatoms. The molecule has 0 saturated carbocycles. The van der Waals surface area contributed by atoms with Gasteiger partial charge in [-0.05, 0) is 49.9 Å². The van der Waals surface area contributed by atoms with Crippen molar-refractivity contribution in [3.8, 4) is 5.69 Å². The molecule has 1 amide bonds. The van der Waals surface area contributed by atoms with Crippen LogP contribution < -0.4 is 10.2 Å². The molecule has 1 saturated heterocycles. The number of nitrogens with zero attached hydrogens (tertiary/aromatic N) is 4. The molecule has 6 nitrogen and oxygen atoms in total. The molecule has 0 spiro atoms. The van der Waals surface area contributed by atoms with Crippen molar-refractivity contribution in [3.63, 3.8) is 0 Å².